The molecule has 0 aromatic heterocycles. The maximum absolute atomic E-state index is 13.5. The highest BCUT2D eigenvalue weighted by atomic mass is 19.1. The predicted octanol–water partition coefficient (Wildman–Crippen LogP) is 2.63. The summed E-state index contributed by atoms with van der Waals surface area (Å²) in [4.78, 5) is 11.1. The van der Waals surface area contributed by atoms with Crippen LogP contribution in [0.1, 0.15) is 24.5 Å². The summed E-state index contributed by atoms with van der Waals surface area (Å²) in [7, 11) is 0. The van der Waals surface area contributed by atoms with Gasteiger partial charge in [0.2, 0.25) is 0 Å². The summed E-state index contributed by atoms with van der Waals surface area (Å²) in [5, 5.41) is 0. The van der Waals surface area contributed by atoms with Crippen LogP contribution in [-0.2, 0) is 16.0 Å². The van der Waals surface area contributed by atoms with Crippen molar-refractivity contribution in [1.82, 2.24) is 0 Å². The zero-order chi connectivity index (χ0) is 11.3. The molecule has 0 amide bonds. The lowest BCUT2D eigenvalue weighted by Crippen LogP contribution is -2.06. The Bertz CT molecular complexity index is 347. The van der Waals surface area contributed by atoms with Gasteiger partial charge in [-0.3, -0.25) is 4.79 Å². The quantitative estimate of drug-likeness (QED) is 0.714. The van der Waals surface area contributed by atoms with E-state index in [2.05, 4.69) is 0 Å². The van der Waals surface area contributed by atoms with Gasteiger partial charge in [0.05, 0.1) is 6.61 Å². The highest BCUT2D eigenvalue weighted by molar-refractivity contribution is 5.69. The molecule has 0 aliphatic carbocycles. The molecule has 0 atom stereocenters. The Balaban J connectivity index is 2.58. The summed E-state index contributed by atoms with van der Waals surface area (Å²) < 4.78 is 18.3. The molecule has 0 saturated heterocycles. The summed E-state index contributed by atoms with van der Waals surface area (Å²) in [6.45, 7) is 3.84. The molecule has 0 spiro atoms. The fourth-order valence-electron chi connectivity index (χ4n) is 1.37. The molecule has 82 valence electrons. The van der Waals surface area contributed by atoms with Gasteiger partial charge in [0.15, 0.2) is 0 Å². The average Bonchev–Trinajstić information content (AvgIpc) is 2.21. The van der Waals surface area contributed by atoms with E-state index >= 15 is 0 Å². The molecule has 0 unspecified atom stereocenters. The van der Waals surface area contributed by atoms with Crippen LogP contribution in [0.15, 0.2) is 18.2 Å². The van der Waals surface area contributed by atoms with Crippen molar-refractivity contribution < 1.29 is 13.9 Å². The third-order valence-electron chi connectivity index (χ3n) is 2.18. The van der Waals surface area contributed by atoms with E-state index in [4.69, 9.17) is 4.74 Å². The second-order valence-electron chi connectivity index (χ2n) is 3.35. The van der Waals surface area contributed by atoms with Gasteiger partial charge in [0, 0.05) is 6.42 Å². The van der Waals surface area contributed by atoms with Crippen LogP contribution in [-0.4, -0.2) is 12.6 Å². The van der Waals surface area contributed by atoms with Crippen LogP contribution in [0, 0.1) is 12.7 Å². The van der Waals surface area contributed by atoms with E-state index in [0.29, 0.717) is 24.2 Å². The topological polar surface area (TPSA) is 26.3 Å². The fourth-order valence-corrected chi connectivity index (χ4v) is 1.37. The van der Waals surface area contributed by atoms with Gasteiger partial charge in [-0.2, -0.15) is 0 Å². The van der Waals surface area contributed by atoms with Crippen molar-refractivity contribution in [2.45, 2.75) is 26.7 Å². The molecule has 2 nitrogen and oxygen atoms in total. The Hall–Kier alpha value is -1.38. The molecule has 0 bridgehead atoms. The summed E-state index contributed by atoms with van der Waals surface area (Å²) in [6, 6.07) is 5.20. The van der Waals surface area contributed by atoms with Crippen molar-refractivity contribution in [2.24, 2.45) is 0 Å². The molecular weight excluding hydrogens is 195 g/mol. The van der Waals surface area contributed by atoms with Crippen molar-refractivity contribution in [3.8, 4) is 0 Å². The van der Waals surface area contributed by atoms with Crippen molar-refractivity contribution in [3.05, 3.63) is 35.1 Å². The number of hydrogen-bond acceptors (Lipinski definition) is 2. The molecule has 1 rings (SSSR count). The van der Waals surface area contributed by atoms with Crippen LogP contribution < -0.4 is 0 Å². The van der Waals surface area contributed by atoms with Crippen LogP contribution in [0.25, 0.3) is 0 Å². The lowest BCUT2D eigenvalue weighted by Gasteiger charge is -2.05. The van der Waals surface area contributed by atoms with Gasteiger partial charge in [-0.25, -0.2) is 4.39 Å². The van der Waals surface area contributed by atoms with Crippen LogP contribution in [0.4, 0.5) is 4.39 Å². The normalized spacial score (nSPS) is 10.1. The van der Waals surface area contributed by atoms with E-state index in [0.717, 1.165) is 0 Å². The third-order valence-corrected chi connectivity index (χ3v) is 2.18. The van der Waals surface area contributed by atoms with Crippen LogP contribution in [0.5, 0.6) is 0 Å². The molecule has 1 aromatic rings. The first-order valence-electron chi connectivity index (χ1n) is 5.04. The monoisotopic (exact) mass is 210 g/mol. The van der Waals surface area contributed by atoms with Crippen molar-refractivity contribution >= 4 is 5.97 Å². The first-order valence-corrected chi connectivity index (χ1v) is 5.04. The SMILES string of the molecule is CCOC(=O)CCc1cccc(C)c1F. The fraction of sp³-hybridized carbons (Fsp3) is 0.417. The zero-order valence-corrected chi connectivity index (χ0v) is 9.05. The molecule has 3 heteroatoms. The highest BCUT2D eigenvalue weighted by Gasteiger charge is 2.07. The number of rotatable bonds is 4. The van der Waals surface area contributed by atoms with Gasteiger partial charge in [-0.05, 0) is 31.4 Å². The van der Waals surface area contributed by atoms with Gasteiger partial charge in [-0.1, -0.05) is 18.2 Å². The number of aryl methyl sites for hydroxylation is 2. The lowest BCUT2D eigenvalue weighted by molar-refractivity contribution is -0.143. The second kappa shape index (κ2) is 5.49. The van der Waals surface area contributed by atoms with Crippen LogP contribution in [0.2, 0.25) is 0 Å². The third kappa shape index (κ3) is 3.35. The summed E-state index contributed by atoms with van der Waals surface area (Å²) >= 11 is 0. The second-order valence-corrected chi connectivity index (χ2v) is 3.35. The first kappa shape index (κ1) is 11.7. The minimum Gasteiger partial charge on any atom is -0.466 e. The minimum atomic E-state index is -0.279. The number of carbonyl (C=O) groups excluding carboxylic acids is 1. The van der Waals surface area contributed by atoms with E-state index in [1.54, 1.807) is 32.0 Å². The van der Waals surface area contributed by atoms with Crippen LogP contribution in [0.3, 0.4) is 0 Å². The zero-order valence-electron chi connectivity index (χ0n) is 9.05. The molecule has 0 saturated carbocycles. The molecule has 0 N–H and O–H groups in total. The maximum atomic E-state index is 13.5. The Morgan fingerprint density at radius 2 is 2.20 bits per heavy atom. The molecule has 0 fully saturated rings. The van der Waals surface area contributed by atoms with Crippen LogP contribution >= 0.6 is 0 Å². The van der Waals surface area contributed by atoms with E-state index < -0.39 is 0 Å². The first-order chi connectivity index (χ1) is 7.15. The molecule has 0 aliphatic rings. The summed E-state index contributed by atoms with van der Waals surface area (Å²) in [5.41, 5.74) is 1.18. The van der Waals surface area contributed by atoms with Crippen molar-refractivity contribution in [2.75, 3.05) is 6.61 Å². The number of halogens is 1. The van der Waals surface area contributed by atoms with Gasteiger partial charge in [-0.15, -0.1) is 0 Å². The van der Waals surface area contributed by atoms with Crippen molar-refractivity contribution in [1.29, 1.82) is 0 Å². The van der Waals surface area contributed by atoms with Gasteiger partial charge >= 0.3 is 5.97 Å². The number of benzene rings is 1. The number of carbonyl (C=O) groups is 1. The number of ether oxygens (including phenoxy) is 1. The Labute approximate surface area is 89.1 Å². The molecule has 0 heterocycles. The molecule has 1 aromatic carbocycles. The Kier molecular flexibility index (Phi) is 4.28. The average molecular weight is 210 g/mol. The van der Waals surface area contributed by atoms with E-state index in [1.165, 1.54) is 0 Å². The Morgan fingerprint density at radius 3 is 2.87 bits per heavy atom. The van der Waals surface area contributed by atoms with E-state index in [9.17, 15) is 9.18 Å². The Morgan fingerprint density at radius 1 is 1.47 bits per heavy atom. The molecular formula is C12H15FO2. The summed E-state index contributed by atoms with van der Waals surface area (Å²) in [6.07, 6.45) is 0.626. The van der Waals surface area contributed by atoms with E-state index in [1.807, 2.05) is 0 Å². The molecule has 15 heavy (non-hydrogen) atoms. The maximum Gasteiger partial charge on any atom is 0.306 e. The minimum absolute atomic E-state index is 0.221. The number of hydrogen-bond donors (Lipinski definition) is 0. The smallest absolute Gasteiger partial charge is 0.306 e. The predicted molar refractivity (Wildman–Crippen MR) is 56.1 cm³/mol. The molecule has 0 aliphatic heterocycles. The van der Waals surface area contributed by atoms with Gasteiger partial charge < -0.3 is 4.74 Å². The van der Waals surface area contributed by atoms with Gasteiger partial charge in [0.25, 0.3) is 0 Å². The van der Waals surface area contributed by atoms with Gasteiger partial charge in [0.1, 0.15) is 5.82 Å². The lowest BCUT2D eigenvalue weighted by atomic mass is 10.1. The van der Waals surface area contributed by atoms with Crippen molar-refractivity contribution in [3.63, 3.8) is 0 Å². The molecule has 0 radical (unpaired) electrons. The summed E-state index contributed by atoms with van der Waals surface area (Å²) in [5.74, 6) is -0.500. The van der Waals surface area contributed by atoms with E-state index in [-0.39, 0.29) is 18.2 Å². The number of esters is 1. The largest absolute Gasteiger partial charge is 0.466 e. The highest BCUT2D eigenvalue weighted by Crippen LogP contribution is 2.13. The standard InChI is InChI=1S/C12H15FO2/c1-3-15-11(14)8-7-10-6-4-5-9(2)12(10)13/h4-6H,3,7-8H2,1-2H3.